The summed E-state index contributed by atoms with van der Waals surface area (Å²) in [5.74, 6) is -0.917. The van der Waals surface area contributed by atoms with Gasteiger partial charge in [0.15, 0.2) is 5.65 Å². The summed E-state index contributed by atoms with van der Waals surface area (Å²) < 4.78 is 24.1. The minimum atomic E-state index is -2.98. The van der Waals surface area contributed by atoms with Crippen LogP contribution < -0.4 is 16.1 Å². The Morgan fingerprint density at radius 3 is 2.59 bits per heavy atom. The number of hydrogen-bond donors (Lipinski definition) is 3. The molecule has 202 valence electrons. The molecule has 39 heavy (non-hydrogen) atoms. The number of fused-ring (bicyclic) bond motifs is 2. The highest BCUT2D eigenvalue weighted by molar-refractivity contribution is 7.90. The highest BCUT2D eigenvalue weighted by atomic mass is 32.2. The molecule has 0 bridgehead atoms. The molecule has 0 unspecified atom stereocenters. The Hall–Kier alpha value is -4.09. The quantitative estimate of drug-likeness (QED) is 0.255. The summed E-state index contributed by atoms with van der Waals surface area (Å²) >= 11 is 0. The number of aryl methyl sites for hydroxylation is 2. The molecule has 2 aromatic carbocycles. The van der Waals surface area contributed by atoms with E-state index in [-0.39, 0.29) is 22.7 Å². The Bertz CT molecular complexity index is 1720. The van der Waals surface area contributed by atoms with Gasteiger partial charge >= 0.3 is 5.97 Å². The van der Waals surface area contributed by atoms with Crippen LogP contribution in [0.5, 0.6) is 0 Å². The van der Waals surface area contributed by atoms with Crippen LogP contribution in [0.15, 0.2) is 59.7 Å². The molecule has 0 spiro atoms. The maximum Gasteiger partial charge on any atom is 0.341 e. The molecule has 11 heteroatoms. The summed E-state index contributed by atoms with van der Waals surface area (Å²) in [7, 11) is -2.98. The van der Waals surface area contributed by atoms with Crippen molar-refractivity contribution in [1.82, 2.24) is 19.9 Å². The van der Waals surface area contributed by atoms with Gasteiger partial charge in [-0.1, -0.05) is 18.2 Å². The van der Waals surface area contributed by atoms with Crippen LogP contribution in [0.2, 0.25) is 0 Å². The van der Waals surface area contributed by atoms with Gasteiger partial charge in [-0.15, -0.1) is 0 Å². The van der Waals surface area contributed by atoms with Gasteiger partial charge in [-0.2, -0.15) is 4.98 Å². The molecule has 1 aliphatic carbocycles. The predicted octanol–water partition coefficient (Wildman–Crippen LogP) is 2.89. The van der Waals surface area contributed by atoms with Crippen molar-refractivity contribution in [1.29, 1.82) is 0 Å². The number of rotatable bonds is 10. The van der Waals surface area contributed by atoms with Crippen LogP contribution in [0.1, 0.15) is 33.5 Å². The van der Waals surface area contributed by atoms with Crippen LogP contribution in [0.3, 0.4) is 0 Å². The van der Waals surface area contributed by atoms with Crippen molar-refractivity contribution in [2.45, 2.75) is 25.7 Å². The van der Waals surface area contributed by atoms with Gasteiger partial charge in [-0.05, 0) is 73.2 Å². The first kappa shape index (κ1) is 26.5. The van der Waals surface area contributed by atoms with E-state index in [4.69, 9.17) is 0 Å². The van der Waals surface area contributed by atoms with Gasteiger partial charge in [0.05, 0.1) is 11.1 Å². The average molecular weight is 548 g/mol. The Morgan fingerprint density at radius 1 is 1.08 bits per heavy atom. The molecule has 10 nitrogen and oxygen atoms in total. The van der Waals surface area contributed by atoms with Gasteiger partial charge in [-0.3, -0.25) is 4.79 Å². The number of carbonyl (C=O) groups is 1. The maximum absolute atomic E-state index is 12.9. The van der Waals surface area contributed by atoms with E-state index < -0.39 is 21.2 Å². The van der Waals surface area contributed by atoms with E-state index >= 15 is 0 Å². The zero-order valence-corrected chi connectivity index (χ0v) is 22.3. The minimum absolute atomic E-state index is 0.111. The van der Waals surface area contributed by atoms with Gasteiger partial charge in [-0.25, -0.2) is 18.2 Å². The molecular weight excluding hydrogens is 518 g/mol. The Kier molecular flexibility index (Phi) is 7.45. The Labute approximate surface area is 225 Å². The third kappa shape index (κ3) is 6.15. The standard InChI is InChI=1S/C28H29N5O5S/c1-39(37,38)14-13-29-12-11-18-5-8-21(9-6-18)31-28-30-16-23-25(34)24(27(35)36)17-33(26(23)32-28)22-10-7-19-3-2-4-20(19)15-22/h5-10,15-17,29H,2-4,11-14H2,1H3,(H,35,36)(H,30,31,32). The molecule has 0 aliphatic heterocycles. The van der Waals surface area contributed by atoms with E-state index in [1.54, 1.807) is 4.57 Å². The molecule has 3 N–H and O–H groups in total. The molecule has 0 saturated carbocycles. The third-order valence-corrected chi connectivity index (χ3v) is 7.73. The largest absolute Gasteiger partial charge is 0.477 e. The Morgan fingerprint density at radius 2 is 1.85 bits per heavy atom. The number of anilines is 2. The van der Waals surface area contributed by atoms with Crippen molar-refractivity contribution in [2.75, 3.05) is 30.4 Å². The summed E-state index contributed by atoms with van der Waals surface area (Å²) in [6.45, 7) is 1.08. The predicted molar refractivity (Wildman–Crippen MR) is 150 cm³/mol. The molecule has 2 heterocycles. The number of pyridine rings is 1. The van der Waals surface area contributed by atoms with Crippen molar-refractivity contribution in [2.24, 2.45) is 0 Å². The van der Waals surface area contributed by atoms with Gasteiger partial charge < -0.3 is 20.3 Å². The lowest BCUT2D eigenvalue weighted by Crippen LogP contribution is -2.24. The van der Waals surface area contributed by atoms with Crippen LogP contribution in [0.4, 0.5) is 11.6 Å². The molecule has 1 aliphatic rings. The van der Waals surface area contributed by atoms with Crippen LogP contribution >= 0.6 is 0 Å². The van der Waals surface area contributed by atoms with Crippen molar-refractivity contribution in [3.8, 4) is 5.69 Å². The van der Waals surface area contributed by atoms with E-state index in [0.29, 0.717) is 18.7 Å². The van der Waals surface area contributed by atoms with E-state index in [2.05, 4.69) is 20.6 Å². The lowest BCUT2D eigenvalue weighted by atomic mass is 10.1. The van der Waals surface area contributed by atoms with E-state index in [1.807, 2.05) is 42.5 Å². The number of carboxylic acid groups (broad SMARTS) is 1. The maximum atomic E-state index is 12.9. The van der Waals surface area contributed by atoms with E-state index in [1.165, 1.54) is 29.8 Å². The number of benzene rings is 2. The third-order valence-electron chi connectivity index (χ3n) is 6.79. The summed E-state index contributed by atoms with van der Waals surface area (Å²) in [5, 5.41) is 16.1. The lowest BCUT2D eigenvalue weighted by molar-refractivity contribution is 0.0695. The smallest absolute Gasteiger partial charge is 0.341 e. The number of carboxylic acids is 1. The molecule has 0 fully saturated rings. The molecule has 5 rings (SSSR count). The number of sulfone groups is 1. The highest BCUT2D eigenvalue weighted by Crippen LogP contribution is 2.26. The molecule has 4 aromatic rings. The number of nitrogens with one attached hydrogen (secondary N) is 2. The lowest BCUT2D eigenvalue weighted by Gasteiger charge is -2.14. The number of hydrogen-bond acceptors (Lipinski definition) is 8. The Balaban J connectivity index is 1.39. The monoisotopic (exact) mass is 547 g/mol. The van der Waals surface area contributed by atoms with E-state index in [9.17, 15) is 23.1 Å². The molecule has 2 aromatic heterocycles. The normalized spacial score (nSPS) is 12.9. The summed E-state index contributed by atoms with van der Waals surface area (Å²) in [4.78, 5) is 33.6. The van der Waals surface area contributed by atoms with Crippen molar-refractivity contribution in [3.05, 3.63) is 87.3 Å². The first-order chi connectivity index (χ1) is 18.7. The second-order valence-corrected chi connectivity index (χ2v) is 12.0. The number of aromatic carboxylic acids is 1. The van der Waals surface area contributed by atoms with Crippen LogP contribution in [0, 0.1) is 0 Å². The second-order valence-electron chi connectivity index (χ2n) is 9.74. The first-order valence-corrected chi connectivity index (χ1v) is 14.8. The van der Waals surface area contributed by atoms with Crippen LogP contribution in [-0.4, -0.2) is 59.1 Å². The SMILES string of the molecule is CS(=O)(=O)CCNCCc1ccc(Nc2ncc3c(=O)c(C(=O)O)cn(-c4ccc5c(c4)CCC5)c3n2)cc1. The topological polar surface area (TPSA) is 143 Å². The summed E-state index contributed by atoms with van der Waals surface area (Å²) in [5.41, 5.74) is 4.42. The van der Waals surface area contributed by atoms with E-state index in [0.717, 1.165) is 42.6 Å². The van der Waals surface area contributed by atoms with Crippen LogP contribution in [0.25, 0.3) is 16.7 Å². The minimum Gasteiger partial charge on any atom is -0.477 e. The first-order valence-electron chi connectivity index (χ1n) is 12.7. The molecule has 0 radical (unpaired) electrons. The van der Waals surface area contributed by atoms with Crippen LogP contribution in [-0.2, 0) is 29.1 Å². The average Bonchev–Trinajstić information content (AvgIpc) is 3.37. The molecular formula is C28H29N5O5S. The van der Waals surface area contributed by atoms with Gasteiger partial charge in [0.1, 0.15) is 15.4 Å². The van der Waals surface area contributed by atoms with Gasteiger partial charge in [0.2, 0.25) is 11.4 Å². The van der Waals surface area contributed by atoms with Gasteiger partial charge in [0, 0.05) is 36.6 Å². The van der Waals surface area contributed by atoms with Gasteiger partial charge in [0.25, 0.3) is 0 Å². The summed E-state index contributed by atoms with van der Waals surface area (Å²) in [6.07, 6.45) is 7.73. The van der Waals surface area contributed by atoms with Crippen molar-refractivity contribution >= 4 is 38.5 Å². The highest BCUT2D eigenvalue weighted by Gasteiger charge is 2.19. The van der Waals surface area contributed by atoms with Crippen molar-refractivity contribution < 1.29 is 18.3 Å². The fourth-order valence-corrected chi connectivity index (χ4v) is 5.24. The van der Waals surface area contributed by atoms with Crippen molar-refractivity contribution in [3.63, 3.8) is 0 Å². The number of nitrogens with zero attached hydrogens (tertiary/aromatic N) is 3. The molecule has 0 amide bonds. The fourth-order valence-electron chi connectivity index (χ4n) is 4.73. The summed E-state index contributed by atoms with van der Waals surface area (Å²) in [6, 6.07) is 13.7. The molecule has 0 saturated heterocycles. The zero-order valence-electron chi connectivity index (χ0n) is 21.5. The zero-order chi connectivity index (χ0) is 27.6. The molecule has 0 atom stereocenters. The second kappa shape index (κ2) is 11.0. The fraction of sp³-hybridized carbons (Fsp3) is 0.286. The number of aromatic nitrogens is 3.